The molecule has 0 spiro atoms. The quantitative estimate of drug-likeness (QED) is 0.711. The summed E-state index contributed by atoms with van der Waals surface area (Å²) in [4.78, 5) is 11.9. The lowest BCUT2D eigenvalue weighted by molar-refractivity contribution is -0.121. The van der Waals surface area contributed by atoms with E-state index in [1.54, 1.807) is 38.3 Å². The van der Waals surface area contributed by atoms with Crippen LogP contribution in [-0.2, 0) is 26.0 Å². The predicted molar refractivity (Wildman–Crippen MR) is 106 cm³/mol. The smallest absolute Gasteiger partial charge is 0.264 e. The summed E-state index contributed by atoms with van der Waals surface area (Å²) in [6.45, 7) is 2.64. The largest absolute Gasteiger partial charge is 0.491 e. The molecule has 1 unspecified atom stereocenters. The monoisotopic (exact) mass is 404 g/mol. The number of carbonyl (C=O) groups is 1. The van der Waals surface area contributed by atoms with Gasteiger partial charge in [0.1, 0.15) is 12.4 Å². The van der Waals surface area contributed by atoms with Gasteiger partial charge >= 0.3 is 0 Å². The molecule has 7 nitrogen and oxygen atoms in total. The van der Waals surface area contributed by atoms with Gasteiger partial charge in [0.05, 0.1) is 23.1 Å². The maximum atomic E-state index is 13.4. The number of hydrogen-bond acceptors (Lipinski definition) is 5. The van der Waals surface area contributed by atoms with Crippen LogP contribution < -0.4 is 14.8 Å². The maximum absolute atomic E-state index is 13.4. The number of aryl methyl sites for hydroxylation is 1. The fourth-order valence-electron chi connectivity index (χ4n) is 3.28. The molecule has 1 heterocycles. The van der Waals surface area contributed by atoms with Crippen molar-refractivity contribution >= 4 is 21.6 Å². The van der Waals surface area contributed by atoms with E-state index in [2.05, 4.69) is 0 Å². The highest BCUT2D eigenvalue weighted by Gasteiger charge is 2.35. The first-order valence-electron chi connectivity index (χ1n) is 8.97. The Labute approximate surface area is 165 Å². The van der Waals surface area contributed by atoms with Crippen LogP contribution in [0, 0.1) is 12.8 Å². The van der Waals surface area contributed by atoms with E-state index in [0.717, 1.165) is 5.56 Å². The number of ether oxygens (including phenoxy) is 2. The van der Waals surface area contributed by atoms with E-state index in [1.165, 1.54) is 10.4 Å². The Morgan fingerprint density at radius 3 is 2.64 bits per heavy atom. The van der Waals surface area contributed by atoms with Crippen molar-refractivity contribution in [1.82, 2.24) is 0 Å². The van der Waals surface area contributed by atoms with Gasteiger partial charge in [0.2, 0.25) is 5.91 Å². The van der Waals surface area contributed by atoms with Crippen molar-refractivity contribution in [2.45, 2.75) is 18.2 Å². The van der Waals surface area contributed by atoms with E-state index in [9.17, 15) is 13.2 Å². The Bertz CT molecular complexity index is 974. The molecule has 0 aliphatic carbocycles. The second-order valence-corrected chi connectivity index (χ2v) is 8.60. The van der Waals surface area contributed by atoms with Gasteiger partial charge in [0.25, 0.3) is 10.0 Å². The molecular weight excluding hydrogens is 380 g/mol. The molecule has 0 saturated carbocycles. The van der Waals surface area contributed by atoms with E-state index >= 15 is 0 Å². The highest BCUT2D eigenvalue weighted by molar-refractivity contribution is 7.92. The third-order valence-corrected chi connectivity index (χ3v) is 6.57. The van der Waals surface area contributed by atoms with Gasteiger partial charge in [0, 0.05) is 13.7 Å². The molecule has 0 fully saturated rings. The number of methoxy groups -OCH3 is 1. The number of para-hydroxylation sites is 1. The zero-order chi connectivity index (χ0) is 20.3. The first-order chi connectivity index (χ1) is 13.3. The van der Waals surface area contributed by atoms with Crippen LogP contribution in [0.4, 0.5) is 5.69 Å². The molecule has 28 heavy (non-hydrogen) atoms. The summed E-state index contributed by atoms with van der Waals surface area (Å²) in [6.07, 6.45) is 0.433. The van der Waals surface area contributed by atoms with Crippen LogP contribution in [0.3, 0.4) is 0 Å². The lowest BCUT2D eigenvalue weighted by atomic mass is 9.93. The fourth-order valence-corrected chi connectivity index (χ4v) is 4.91. The van der Waals surface area contributed by atoms with Crippen LogP contribution in [0.1, 0.15) is 11.1 Å². The molecule has 3 rings (SSSR count). The maximum Gasteiger partial charge on any atom is 0.264 e. The topological polar surface area (TPSA) is 98.9 Å². The number of anilines is 1. The van der Waals surface area contributed by atoms with Crippen LogP contribution in [0.5, 0.6) is 5.75 Å². The minimum atomic E-state index is -3.86. The van der Waals surface area contributed by atoms with Crippen LogP contribution >= 0.6 is 0 Å². The van der Waals surface area contributed by atoms with Crippen LogP contribution in [0.2, 0.25) is 0 Å². The van der Waals surface area contributed by atoms with Crippen molar-refractivity contribution in [1.29, 1.82) is 0 Å². The Hall–Kier alpha value is -2.58. The summed E-state index contributed by atoms with van der Waals surface area (Å²) in [7, 11) is -2.28. The van der Waals surface area contributed by atoms with Gasteiger partial charge in [-0.2, -0.15) is 0 Å². The first kappa shape index (κ1) is 20.2. The second-order valence-electron chi connectivity index (χ2n) is 6.74. The van der Waals surface area contributed by atoms with E-state index in [0.29, 0.717) is 36.6 Å². The minimum Gasteiger partial charge on any atom is -0.491 e. The first-order valence-corrected chi connectivity index (χ1v) is 10.4. The van der Waals surface area contributed by atoms with Gasteiger partial charge in [-0.1, -0.05) is 18.2 Å². The van der Waals surface area contributed by atoms with Gasteiger partial charge in [0.15, 0.2) is 0 Å². The fraction of sp³-hybridized carbons (Fsp3) is 0.350. The minimum absolute atomic E-state index is 0.0276. The molecule has 0 radical (unpaired) electrons. The zero-order valence-electron chi connectivity index (χ0n) is 15.9. The number of benzene rings is 2. The molecule has 2 aromatic carbocycles. The highest BCUT2D eigenvalue weighted by atomic mass is 32.2. The Morgan fingerprint density at radius 2 is 1.96 bits per heavy atom. The van der Waals surface area contributed by atoms with Gasteiger partial charge in [-0.3, -0.25) is 9.10 Å². The number of primary amides is 1. The number of nitrogens with two attached hydrogens (primary N) is 1. The number of nitrogens with zero attached hydrogens (tertiary/aromatic N) is 1. The van der Waals surface area contributed by atoms with Crippen LogP contribution in [0.25, 0.3) is 0 Å². The third kappa shape index (κ3) is 3.98. The van der Waals surface area contributed by atoms with Crippen molar-refractivity contribution < 1.29 is 22.7 Å². The van der Waals surface area contributed by atoms with E-state index in [1.807, 2.05) is 12.1 Å². The van der Waals surface area contributed by atoms with E-state index in [4.69, 9.17) is 15.2 Å². The van der Waals surface area contributed by atoms with Crippen LogP contribution in [-0.4, -0.2) is 41.2 Å². The summed E-state index contributed by atoms with van der Waals surface area (Å²) >= 11 is 0. The standard InChI is InChI=1S/C20H24N2O5S/c1-14-11-17(7-8-19(14)27-10-9-26-2)28(24,25)22-13-16(20(21)23)12-15-5-3-4-6-18(15)22/h3-8,11,16H,9-10,12-13H2,1-2H3,(H2,21,23). The SMILES string of the molecule is COCCOc1ccc(S(=O)(=O)N2CC(C(N)=O)Cc3ccccc32)cc1C. The lowest BCUT2D eigenvalue weighted by Gasteiger charge is -2.34. The van der Waals surface area contributed by atoms with Gasteiger partial charge in [-0.05, 0) is 48.7 Å². The number of rotatable bonds is 7. The molecule has 1 amide bonds. The molecule has 8 heteroatoms. The van der Waals surface area contributed by atoms with Crippen molar-refractivity contribution in [3.05, 3.63) is 53.6 Å². The predicted octanol–water partition coefficient (Wildman–Crippen LogP) is 1.87. The summed E-state index contributed by atoms with van der Waals surface area (Å²) in [6, 6.07) is 11.9. The average molecular weight is 404 g/mol. The normalized spacial score (nSPS) is 16.5. The highest BCUT2D eigenvalue weighted by Crippen LogP contribution is 2.34. The summed E-state index contributed by atoms with van der Waals surface area (Å²) in [5, 5.41) is 0. The average Bonchev–Trinajstić information content (AvgIpc) is 2.68. The molecule has 0 aromatic heterocycles. The molecule has 2 aromatic rings. The third-order valence-electron chi connectivity index (χ3n) is 4.79. The molecule has 0 bridgehead atoms. The Balaban J connectivity index is 1.96. The van der Waals surface area contributed by atoms with Gasteiger partial charge in [-0.15, -0.1) is 0 Å². The number of amides is 1. The summed E-state index contributed by atoms with van der Waals surface area (Å²) in [5.41, 5.74) is 7.56. The molecule has 1 aliphatic heterocycles. The zero-order valence-corrected chi connectivity index (χ0v) is 16.7. The van der Waals surface area contributed by atoms with Gasteiger partial charge in [-0.25, -0.2) is 8.42 Å². The van der Waals surface area contributed by atoms with Gasteiger partial charge < -0.3 is 15.2 Å². The number of sulfonamides is 1. The molecular formula is C20H24N2O5S. The van der Waals surface area contributed by atoms with E-state index in [-0.39, 0.29) is 11.4 Å². The summed E-state index contributed by atoms with van der Waals surface area (Å²) < 4.78 is 38.5. The van der Waals surface area contributed by atoms with Crippen molar-refractivity contribution in [3.8, 4) is 5.75 Å². The number of carbonyl (C=O) groups excluding carboxylic acids is 1. The molecule has 2 N–H and O–H groups in total. The van der Waals surface area contributed by atoms with Crippen molar-refractivity contribution in [3.63, 3.8) is 0 Å². The van der Waals surface area contributed by atoms with Crippen molar-refractivity contribution in [2.24, 2.45) is 11.7 Å². The second kappa shape index (κ2) is 8.20. The summed E-state index contributed by atoms with van der Waals surface area (Å²) in [5.74, 6) is -0.472. The molecule has 1 atom stereocenters. The Kier molecular flexibility index (Phi) is 5.90. The lowest BCUT2D eigenvalue weighted by Crippen LogP contribution is -2.44. The molecule has 1 aliphatic rings. The Morgan fingerprint density at radius 1 is 1.21 bits per heavy atom. The number of hydrogen-bond donors (Lipinski definition) is 1. The van der Waals surface area contributed by atoms with Crippen LogP contribution in [0.15, 0.2) is 47.4 Å². The molecule has 0 saturated heterocycles. The van der Waals surface area contributed by atoms with E-state index < -0.39 is 21.8 Å². The van der Waals surface area contributed by atoms with Crippen molar-refractivity contribution in [2.75, 3.05) is 31.2 Å². The molecule has 150 valence electrons. The number of fused-ring (bicyclic) bond motifs is 1.